The van der Waals surface area contributed by atoms with E-state index in [0.29, 0.717) is 26.9 Å². The number of esters is 1. The Kier molecular flexibility index (Phi) is 5.81. The lowest BCUT2D eigenvalue weighted by Crippen LogP contribution is -2.01. The average molecular weight is 453 g/mol. The van der Waals surface area contributed by atoms with Crippen LogP contribution in [0.5, 0.6) is 5.75 Å². The molecule has 0 aromatic heterocycles. The number of rotatable bonds is 4. The average Bonchev–Trinajstić information content (AvgIpc) is 2.96. The Morgan fingerprint density at radius 1 is 1.15 bits per heavy atom. The first kappa shape index (κ1) is 18.7. The van der Waals surface area contributed by atoms with Crippen molar-refractivity contribution in [3.05, 3.63) is 73.8 Å². The molecule has 0 fully saturated rings. The molecule has 26 heavy (non-hydrogen) atoms. The molecule has 1 aliphatic rings. The van der Waals surface area contributed by atoms with Gasteiger partial charge in [-0.15, -0.1) is 0 Å². The molecule has 132 valence electrons. The zero-order chi connectivity index (χ0) is 18.7. The summed E-state index contributed by atoms with van der Waals surface area (Å²) in [6, 6.07) is 10.7. The number of aliphatic imine (C=N–C) groups is 1. The van der Waals surface area contributed by atoms with Gasteiger partial charge in [0.05, 0.1) is 17.2 Å². The zero-order valence-electron chi connectivity index (χ0n) is 13.5. The van der Waals surface area contributed by atoms with E-state index in [4.69, 9.17) is 32.7 Å². The molecule has 4 nitrogen and oxygen atoms in total. The van der Waals surface area contributed by atoms with Gasteiger partial charge in [0, 0.05) is 16.1 Å². The van der Waals surface area contributed by atoms with Crippen LogP contribution >= 0.6 is 39.1 Å². The minimum atomic E-state index is -0.538. The van der Waals surface area contributed by atoms with Gasteiger partial charge >= 0.3 is 5.97 Å². The summed E-state index contributed by atoms with van der Waals surface area (Å²) < 4.78 is 11.3. The number of halogens is 3. The van der Waals surface area contributed by atoms with Gasteiger partial charge in [0.15, 0.2) is 5.70 Å². The van der Waals surface area contributed by atoms with Crippen LogP contribution in [0.15, 0.2) is 57.6 Å². The predicted octanol–water partition coefficient (Wildman–Crippen LogP) is 5.77. The lowest BCUT2D eigenvalue weighted by molar-refractivity contribution is -0.129. The van der Waals surface area contributed by atoms with Crippen molar-refractivity contribution < 1.29 is 14.3 Å². The second kappa shape index (κ2) is 8.08. The Labute approximate surface area is 168 Å². The molecule has 0 N–H and O–H groups in total. The summed E-state index contributed by atoms with van der Waals surface area (Å²) in [7, 11) is 1.56. The number of ether oxygens (including phenoxy) is 2. The van der Waals surface area contributed by atoms with Gasteiger partial charge in [-0.1, -0.05) is 51.3 Å². The number of hydrogen-bond acceptors (Lipinski definition) is 4. The molecule has 0 spiro atoms. The molecule has 3 rings (SSSR count). The van der Waals surface area contributed by atoms with Crippen LogP contribution in [-0.2, 0) is 9.53 Å². The van der Waals surface area contributed by atoms with Gasteiger partial charge in [0.25, 0.3) is 0 Å². The van der Waals surface area contributed by atoms with Crippen LogP contribution in [0.3, 0.4) is 0 Å². The van der Waals surface area contributed by atoms with Crippen LogP contribution in [-0.4, -0.2) is 19.0 Å². The van der Waals surface area contributed by atoms with Crippen LogP contribution in [0.25, 0.3) is 12.2 Å². The summed E-state index contributed by atoms with van der Waals surface area (Å²) in [5, 5.41) is 0.867. The third-order valence-electron chi connectivity index (χ3n) is 3.51. The van der Waals surface area contributed by atoms with Crippen molar-refractivity contribution in [2.45, 2.75) is 0 Å². The van der Waals surface area contributed by atoms with E-state index in [-0.39, 0.29) is 11.6 Å². The second-order valence-electron chi connectivity index (χ2n) is 5.23. The number of benzene rings is 2. The summed E-state index contributed by atoms with van der Waals surface area (Å²) in [5.41, 5.74) is 1.59. The molecule has 0 aliphatic carbocycles. The molecule has 0 saturated heterocycles. The van der Waals surface area contributed by atoms with Gasteiger partial charge in [-0.05, 0) is 42.0 Å². The van der Waals surface area contributed by atoms with Crippen LogP contribution in [0.2, 0.25) is 10.0 Å². The van der Waals surface area contributed by atoms with Gasteiger partial charge in [0.2, 0.25) is 5.90 Å². The number of cyclic esters (lactones) is 1. The van der Waals surface area contributed by atoms with Crippen LogP contribution < -0.4 is 4.74 Å². The van der Waals surface area contributed by atoms with Gasteiger partial charge in [-0.2, -0.15) is 0 Å². The van der Waals surface area contributed by atoms with Gasteiger partial charge < -0.3 is 9.47 Å². The molecule has 0 atom stereocenters. The van der Waals surface area contributed by atoms with Crippen LogP contribution in [0.4, 0.5) is 0 Å². The Bertz CT molecular complexity index is 967. The molecule has 0 radical (unpaired) electrons. The van der Waals surface area contributed by atoms with E-state index >= 15 is 0 Å². The lowest BCUT2D eigenvalue weighted by Gasteiger charge is -2.04. The van der Waals surface area contributed by atoms with E-state index in [1.807, 2.05) is 12.1 Å². The first-order valence-electron chi connectivity index (χ1n) is 7.46. The normalized spacial score (nSPS) is 15.5. The number of nitrogens with zero attached hydrogens (tertiary/aromatic N) is 1. The first-order chi connectivity index (χ1) is 12.5. The van der Waals surface area contributed by atoms with Gasteiger partial charge in [-0.3, -0.25) is 0 Å². The quantitative estimate of drug-likeness (QED) is 0.436. The summed E-state index contributed by atoms with van der Waals surface area (Å²) >= 11 is 15.5. The second-order valence-corrected chi connectivity index (χ2v) is 6.93. The SMILES string of the molecule is COc1ccc(Br)cc1/C=C1N=C(/C=C/c2cccc(Cl)c2Cl)OC\1=O. The van der Waals surface area contributed by atoms with Gasteiger partial charge in [0.1, 0.15) is 5.75 Å². The largest absolute Gasteiger partial charge is 0.496 e. The van der Waals surface area contributed by atoms with Crippen molar-refractivity contribution in [2.75, 3.05) is 7.11 Å². The van der Waals surface area contributed by atoms with Gasteiger partial charge in [-0.25, -0.2) is 9.79 Å². The standard InChI is InChI=1S/C19H12BrCl2NO3/c1-25-16-7-6-13(20)9-12(16)10-15-19(24)26-17(23-15)8-5-11-3-2-4-14(21)18(11)22/h2-10H,1H3/b8-5+,15-10-. The molecule has 0 amide bonds. The van der Waals surface area contributed by atoms with Crippen LogP contribution in [0.1, 0.15) is 11.1 Å². The van der Waals surface area contributed by atoms with E-state index in [2.05, 4.69) is 20.9 Å². The number of hydrogen-bond donors (Lipinski definition) is 0. The molecule has 1 aliphatic heterocycles. The molecule has 7 heteroatoms. The fourth-order valence-corrected chi connectivity index (χ4v) is 3.02. The minimum absolute atomic E-state index is 0.172. The van der Waals surface area contributed by atoms with Crippen molar-refractivity contribution in [1.29, 1.82) is 0 Å². The maximum atomic E-state index is 12.1. The van der Waals surface area contributed by atoms with Crippen molar-refractivity contribution >= 4 is 63.2 Å². The lowest BCUT2D eigenvalue weighted by atomic mass is 10.1. The molecule has 0 bridgehead atoms. The number of carbonyl (C=O) groups excluding carboxylic acids is 1. The molecule has 1 heterocycles. The number of methoxy groups -OCH3 is 1. The Hall–Kier alpha value is -2.08. The van der Waals surface area contributed by atoms with Crippen molar-refractivity contribution in [3.63, 3.8) is 0 Å². The highest BCUT2D eigenvalue weighted by Crippen LogP contribution is 2.28. The maximum absolute atomic E-state index is 12.1. The molecule has 2 aromatic carbocycles. The molecular formula is C19H12BrCl2NO3. The fraction of sp³-hybridized carbons (Fsp3) is 0.0526. The molecule has 2 aromatic rings. The monoisotopic (exact) mass is 451 g/mol. The summed E-state index contributed by atoms with van der Waals surface area (Å²) in [6.45, 7) is 0. The van der Waals surface area contributed by atoms with Crippen molar-refractivity contribution in [3.8, 4) is 5.75 Å². The summed E-state index contributed by atoms with van der Waals surface area (Å²) in [5.74, 6) is 0.258. The van der Waals surface area contributed by atoms with E-state index in [1.165, 1.54) is 0 Å². The molecule has 0 unspecified atom stereocenters. The first-order valence-corrected chi connectivity index (χ1v) is 9.01. The Morgan fingerprint density at radius 2 is 1.96 bits per heavy atom. The maximum Gasteiger partial charge on any atom is 0.363 e. The fourth-order valence-electron chi connectivity index (χ4n) is 2.27. The highest BCUT2D eigenvalue weighted by atomic mass is 79.9. The van der Waals surface area contributed by atoms with E-state index in [9.17, 15) is 4.79 Å². The van der Waals surface area contributed by atoms with Crippen molar-refractivity contribution in [1.82, 2.24) is 0 Å². The zero-order valence-corrected chi connectivity index (χ0v) is 16.6. The molecular weight excluding hydrogens is 441 g/mol. The molecule has 0 saturated carbocycles. The third-order valence-corrected chi connectivity index (χ3v) is 4.83. The topological polar surface area (TPSA) is 47.9 Å². The van der Waals surface area contributed by atoms with Crippen LogP contribution in [0, 0.1) is 0 Å². The summed E-state index contributed by atoms with van der Waals surface area (Å²) in [4.78, 5) is 16.3. The predicted molar refractivity (Wildman–Crippen MR) is 108 cm³/mol. The van der Waals surface area contributed by atoms with E-state index in [0.717, 1.165) is 4.47 Å². The summed E-state index contributed by atoms with van der Waals surface area (Å²) in [6.07, 6.45) is 4.86. The third kappa shape index (κ3) is 4.18. The number of carbonyl (C=O) groups is 1. The minimum Gasteiger partial charge on any atom is -0.496 e. The Morgan fingerprint density at radius 3 is 2.73 bits per heavy atom. The Balaban J connectivity index is 1.89. The highest BCUT2D eigenvalue weighted by Gasteiger charge is 2.22. The highest BCUT2D eigenvalue weighted by molar-refractivity contribution is 9.10. The van der Waals surface area contributed by atoms with E-state index < -0.39 is 5.97 Å². The van der Waals surface area contributed by atoms with Crippen molar-refractivity contribution in [2.24, 2.45) is 4.99 Å². The van der Waals surface area contributed by atoms with E-state index in [1.54, 1.807) is 49.6 Å². The smallest absolute Gasteiger partial charge is 0.363 e.